The third-order valence-corrected chi connectivity index (χ3v) is 5.01. The molecule has 4 rings (SSSR count). The van der Waals surface area contributed by atoms with E-state index in [0.717, 1.165) is 38.6 Å². The number of hydrogen-bond donors (Lipinski definition) is 1. The number of para-hydroxylation sites is 2. The van der Waals surface area contributed by atoms with Crippen LogP contribution in [0, 0.1) is 13.8 Å². The third kappa shape index (κ3) is 2.93. The van der Waals surface area contributed by atoms with E-state index in [1.54, 1.807) is 0 Å². The molecule has 1 aromatic heterocycles. The lowest BCUT2D eigenvalue weighted by Gasteiger charge is -2.18. The molecule has 0 aliphatic carbocycles. The normalized spacial score (nSPS) is 10.9. The van der Waals surface area contributed by atoms with Crippen LogP contribution in [0.3, 0.4) is 0 Å². The number of pyridine rings is 1. The summed E-state index contributed by atoms with van der Waals surface area (Å²) in [6.07, 6.45) is 0. The molecule has 0 saturated heterocycles. The highest BCUT2D eigenvalue weighted by molar-refractivity contribution is 6.38. The first kappa shape index (κ1) is 16.6. The van der Waals surface area contributed by atoms with Crippen molar-refractivity contribution >= 4 is 34.0 Å². The summed E-state index contributed by atoms with van der Waals surface area (Å²) < 4.78 is 0. The molecule has 0 unspecified atom stereocenters. The lowest BCUT2D eigenvalue weighted by molar-refractivity contribution is 1.31. The molecule has 4 aromatic rings. The first-order valence-corrected chi connectivity index (χ1v) is 9.00. The molecule has 1 heterocycles. The molecule has 3 heteroatoms. The van der Waals surface area contributed by atoms with Crippen LogP contribution in [0.15, 0.2) is 72.8 Å². The Kier molecular flexibility index (Phi) is 4.36. The highest BCUT2D eigenvalue weighted by Crippen LogP contribution is 2.40. The van der Waals surface area contributed by atoms with Gasteiger partial charge in [-0.2, -0.15) is 0 Å². The molecule has 2 nitrogen and oxygen atoms in total. The van der Waals surface area contributed by atoms with Gasteiger partial charge in [-0.1, -0.05) is 78.3 Å². The van der Waals surface area contributed by atoms with Crippen molar-refractivity contribution in [2.24, 2.45) is 0 Å². The van der Waals surface area contributed by atoms with Crippen LogP contribution < -0.4 is 5.32 Å². The van der Waals surface area contributed by atoms with Crippen LogP contribution in [0.5, 0.6) is 0 Å². The first-order chi connectivity index (χ1) is 12.6. The molecule has 1 N–H and O–H groups in total. The van der Waals surface area contributed by atoms with Gasteiger partial charge in [0.25, 0.3) is 0 Å². The number of benzene rings is 3. The minimum absolute atomic E-state index is 0.718. The highest BCUT2D eigenvalue weighted by atomic mass is 35.5. The molecule has 128 valence electrons. The molecule has 0 fully saturated rings. The van der Waals surface area contributed by atoms with E-state index in [1.165, 1.54) is 11.1 Å². The van der Waals surface area contributed by atoms with Gasteiger partial charge in [0.05, 0.1) is 10.5 Å². The van der Waals surface area contributed by atoms with Crippen molar-refractivity contribution in [3.05, 3.63) is 88.9 Å². The lowest BCUT2D eigenvalue weighted by atomic mass is 10.0. The zero-order chi connectivity index (χ0) is 18.1. The number of hydrogen-bond acceptors (Lipinski definition) is 2. The number of halogens is 1. The maximum absolute atomic E-state index is 6.85. The van der Waals surface area contributed by atoms with Crippen LogP contribution in [0.1, 0.15) is 11.1 Å². The minimum atomic E-state index is 0.718. The number of aryl methyl sites for hydroxylation is 2. The maximum Gasteiger partial charge on any atom is 0.140 e. The van der Waals surface area contributed by atoms with Gasteiger partial charge in [0.1, 0.15) is 5.82 Å². The van der Waals surface area contributed by atoms with Gasteiger partial charge in [0.15, 0.2) is 0 Å². The van der Waals surface area contributed by atoms with Gasteiger partial charge in [0.2, 0.25) is 0 Å². The van der Waals surface area contributed by atoms with Crippen LogP contribution in [0.25, 0.3) is 22.0 Å². The van der Waals surface area contributed by atoms with E-state index >= 15 is 0 Å². The third-order valence-electron chi connectivity index (χ3n) is 4.62. The lowest BCUT2D eigenvalue weighted by Crippen LogP contribution is -2.01. The predicted octanol–water partition coefficient (Wildman–Crippen LogP) is 6.92. The number of nitrogens with one attached hydrogen (secondary N) is 1. The fourth-order valence-corrected chi connectivity index (χ4v) is 3.62. The van der Waals surface area contributed by atoms with Crippen molar-refractivity contribution in [3.8, 4) is 11.1 Å². The van der Waals surface area contributed by atoms with E-state index in [1.807, 2.05) is 42.5 Å². The Balaban J connectivity index is 1.98. The van der Waals surface area contributed by atoms with Gasteiger partial charge in [-0.25, -0.2) is 4.98 Å². The summed E-state index contributed by atoms with van der Waals surface area (Å²) in [4.78, 5) is 4.89. The second kappa shape index (κ2) is 6.81. The molecule has 0 spiro atoms. The number of aromatic nitrogens is 1. The second-order valence-corrected chi connectivity index (χ2v) is 6.80. The van der Waals surface area contributed by atoms with Crippen LogP contribution in [0.2, 0.25) is 5.02 Å². The molecule has 0 aliphatic heterocycles. The Morgan fingerprint density at radius 1 is 0.769 bits per heavy atom. The maximum atomic E-state index is 6.85. The van der Waals surface area contributed by atoms with Gasteiger partial charge in [-0.15, -0.1) is 0 Å². The van der Waals surface area contributed by atoms with Gasteiger partial charge < -0.3 is 5.32 Å². The number of nitrogens with zero attached hydrogens (tertiary/aromatic N) is 1. The van der Waals surface area contributed by atoms with Gasteiger partial charge in [0, 0.05) is 16.6 Å². The Morgan fingerprint density at radius 2 is 1.42 bits per heavy atom. The SMILES string of the molecule is Cc1cccc(C)c1Nc1nc2ccccc2c(Cl)c1-c1ccccc1. The number of fused-ring (bicyclic) bond motifs is 1. The van der Waals surface area contributed by atoms with Gasteiger partial charge >= 0.3 is 0 Å². The molecule has 0 atom stereocenters. The van der Waals surface area contributed by atoms with Crippen LogP contribution in [0.4, 0.5) is 11.5 Å². The zero-order valence-electron chi connectivity index (χ0n) is 14.8. The molecule has 0 aliphatic rings. The van der Waals surface area contributed by atoms with Gasteiger partial charge in [-0.05, 0) is 36.6 Å². The highest BCUT2D eigenvalue weighted by Gasteiger charge is 2.16. The van der Waals surface area contributed by atoms with E-state index in [4.69, 9.17) is 16.6 Å². The van der Waals surface area contributed by atoms with Crippen molar-refractivity contribution in [2.45, 2.75) is 13.8 Å². The van der Waals surface area contributed by atoms with E-state index in [0.29, 0.717) is 0 Å². The van der Waals surface area contributed by atoms with Gasteiger partial charge in [-0.3, -0.25) is 0 Å². The van der Waals surface area contributed by atoms with Crippen molar-refractivity contribution in [3.63, 3.8) is 0 Å². The fraction of sp³-hybridized carbons (Fsp3) is 0.0870. The largest absolute Gasteiger partial charge is 0.339 e. The van der Waals surface area contributed by atoms with E-state index in [-0.39, 0.29) is 0 Å². The minimum Gasteiger partial charge on any atom is -0.339 e. The topological polar surface area (TPSA) is 24.9 Å². The van der Waals surface area contributed by atoms with Crippen molar-refractivity contribution in [1.82, 2.24) is 4.98 Å². The van der Waals surface area contributed by atoms with Crippen molar-refractivity contribution < 1.29 is 0 Å². The monoisotopic (exact) mass is 358 g/mol. The summed E-state index contributed by atoms with van der Waals surface area (Å²) in [6.45, 7) is 4.19. The standard InChI is InChI=1S/C23H19ClN2/c1-15-9-8-10-16(2)22(15)26-23-20(17-11-4-3-5-12-17)21(24)18-13-6-7-14-19(18)25-23/h3-14H,1-2H3,(H,25,26). The second-order valence-electron chi connectivity index (χ2n) is 6.42. The fourth-order valence-electron chi connectivity index (χ4n) is 3.26. The molecule has 0 amide bonds. The molecule has 26 heavy (non-hydrogen) atoms. The Bertz CT molecular complexity index is 1070. The molecule has 3 aromatic carbocycles. The van der Waals surface area contributed by atoms with Crippen LogP contribution in [-0.4, -0.2) is 4.98 Å². The summed E-state index contributed by atoms with van der Waals surface area (Å²) in [5.41, 5.74) is 6.28. The quantitative estimate of drug-likeness (QED) is 0.430. The van der Waals surface area contributed by atoms with E-state index < -0.39 is 0 Å². The van der Waals surface area contributed by atoms with E-state index in [9.17, 15) is 0 Å². The van der Waals surface area contributed by atoms with Crippen LogP contribution >= 0.6 is 11.6 Å². The zero-order valence-corrected chi connectivity index (χ0v) is 15.5. The predicted molar refractivity (Wildman–Crippen MR) is 111 cm³/mol. The van der Waals surface area contributed by atoms with Crippen LogP contribution in [-0.2, 0) is 0 Å². The molecule has 0 radical (unpaired) electrons. The molecule has 0 saturated carbocycles. The summed E-state index contributed by atoms with van der Waals surface area (Å²) in [6, 6.07) is 24.4. The smallest absolute Gasteiger partial charge is 0.140 e. The van der Waals surface area contributed by atoms with Crippen molar-refractivity contribution in [2.75, 3.05) is 5.32 Å². The van der Waals surface area contributed by atoms with Crippen molar-refractivity contribution in [1.29, 1.82) is 0 Å². The Labute approximate surface area is 158 Å². The average Bonchev–Trinajstić information content (AvgIpc) is 2.66. The molecule has 0 bridgehead atoms. The molecular formula is C23H19ClN2. The Hall–Kier alpha value is -2.84. The molecular weight excluding hydrogens is 340 g/mol. The van der Waals surface area contributed by atoms with E-state index in [2.05, 4.69) is 49.5 Å². The average molecular weight is 359 g/mol. The summed E-state index contributed by atoms with van der Waals surface area (Å²) in [5.74, 6) is 0.775. The number of rotatable bonds is 3. The Morgan fingerprint density at radius 3 is 2.15 bits per heavy atom. The first-order valence-electron chi connectivity index (χ1n) is 8.62. The summed E-state index contributed by atoms with van der Waals surface area (Å²) in [7, 11) is 0. The summed E-state index contributed by atoms with van der Waals surface area (Å²) >= 11 is 6.85. The number of anilines is 2. The summed E-state index contributed by atoms with van der Waals surface area (Å²) in [5, 5.41) is 5.22.